The van der Waals surface area contributed by atoms with E-state index in [1.54, 1.807) is 6.07 Å². The number of aromatic nitrogens is 1. The van der Waals surface area contributed by atoms with Gasteiger partial charge in [0.25, 0.3) is 5.69 Å². The SMILES string of the molecule is CC1CC(C)CN(C(=O)C(C)N2CCc3ncc([N+](=O)[O-])cc3C2)C1. The van der Waals surface area contributed by atoms with E-state index in [1.807, 2.05) is 11.8 Å². The van der Waals surface area contributed by atoms with Crippen molar-refractivity contribution in [2.24, 2.45) is 11.8 Å². The first-order chi connectivity index (χ1) is 11.8. The molecule has 3 unspecified atom stereocenters. The summed E-state index contributed by atoms with van der Waals surface area (Å²) >= 11 is 0. The van der Waals surface area contributed by atoms with Crippen molar-refractivity contribution in [3.05, 3.63) is 33.6 Å². The number of hydrogen-bond donors (Lipinski definition) is 0. The Balaban J connectivity index is 1.71. The van der Waals surface area contributed by atoms with Crippen molar-refractivity contribution in [3.63, 3.8) is 0 Å². The topological polar surface area (TPSA) is 79.6 Å². The Hall–Kier alpha value is -2.02. The van der Waals surface area contributed by atoms with E-state index in [2.05, 4.69) is 23.7 Å². The molecule has 1 aromatic heterocycles. The Morgan fingerprint density at radius 1 is 1.36 bits per heavy atom. The quantitative estimate of drug-likeness (QED) is 0.619. The molecule has 2 aliphatic heterocycles. The van der Waals surface area contributed by atoms with Crippen molar-refractivity contribution in [3.8, 4) is 0 Å². The van der Waals surface area contributed by atoms with E-state index in [0.29, 0.717) is 18.4 Å². The van der Waals surface area contributed by atoms with Crippen molar-refractivity contribution in [1.29, 1.82) is 0 Å². The lowest BCUT2D eigenvalue weighted by Crippen LogP contribution is -2.52. The molecule has 7 nitrogen and oxygen atoms in total. The third-order valence-corrected chi connectivity index (χ3v) is 5.35. The van der Waals surface area contributed by atoms with E-state index >= 15 is 0 Å². The molecule has 7 heteroatoms. The number of piperidine rings is 1. The molecule has 0 aliphatic carbocycles. The van der Waals surface area contributed by atoms with Crippen molar-refractivity contribution in [2.75, 3.05) is 19.6 Å². The smallest absolute Gasteiger partial charge is 0.287 e. The highest BCUT2D eigenvalue weighted by atomic mass is 16.6. The van der Waals surface area contributed by atoms with E-state index < -0.39 is 4.92 Å². The summed E-state index contributed by atoms with van der Waals surface area (Å²) in [7, 11) is 0. The molecule has 3 rings (SSSR count). The summed E-state index contributed by atoms with van der Waals surface area (Å²) < 4.78 is 0. The number of hydrogen-bond acceptors (Lipinski definition) is 5. The molecule has 25 heavy (non-hydrogen) atoms. The van der Waals surface area contributed by atoms with Gasteiger partial charge in [-0.2, -0.15) is 0 Å². The summed E-state index contributed by atoms with van der Waals surface area (Å²) in [6.45, 7) is 9.28. The monoisotopic (exact) mass is 346 g/mol. The van der Waals surface area contributed by atoms with Crippen molar-refractivity contribution in [2.45, 2.75) is 46.2 Å². The number of likely N-dealkylation sites (tertiary alicyclic amines) is 1. The summed E-state index contributed by atoms with van der Waals surface area (Å²) in [4.78, 5) is 31.8. The highest BCUT2D eigenvalue weighted by Gasteiger charge is 2.32. The molecule has 1 fully saturated rings. The fourth-order valence-corrected chi connectivity index (χ4v) is 4.13. The third-order valence-electron chi connectivity index (χ3n) is 5.35. The van der Waals surface area contributed by atoms with Gasteiger partial charge < -0.3 is 4.90 Å². The van der Waals surface area contributed by atoms with E-state index in [9.17, 15) is 14.9 Å². The van der Waals surface area contributed by atoms with E-state index in [1.165, 1.54) is 12.6 Å². The van der Waals surface area contributed by atoms with Crippen LogP contribution in [0.25, 0.3) is 0 Å². The molecule has 1 amide bonds. The molecule has 0 spiro atoms. The molecular weight excluding hydrogens is 320 g/mol. The van der Waals surface area contributed by atoms with E-state index in [-0.39, 0.29) is 17.6 Å². The lowest BCUT2D eigenvalue weighted by Gasteiger charge is -2.39. The Morgan fingerprint density at radius 3 is 2.68 bits per heavy atom. The highest BCUT2D eigenvalue weighted by Crippen LogP contribution is 2.25. The predicted molar refractivity (Wildman–Crippen MR) is 94.0 cm³/mol. The molecular formula is C18H26N4O3. The maximum Gasteiger partial charge on any atom is 0.287 e. The first-order valence-corrected chi connectivity index (χ1v) is 9.00. The zero-order valence-corrected chi connectivity index (χ0v) is 15.1. The molecule has 3 atom stereocenters. The first kappa shape index (κ1) is 17.8. The Bertz CT molecular complexity index is 668. The minimum Gasteiger partial charge on any atom is -0.341 e. The number of carbonyl (C=O) groups is 1. The van der Waals surface area contributed by atoms with Crippen LogP contribution in [0.1, 0.15) is 38.4 Å². The molecule has 2 aliphatic rings. The second-order valence-electron chi connectivity index (χ2n) is 7.64. The van der Waals surface area contributed by atoms with Gasteiger partial charge in [0.05, 0.1) is 11.0 Å². The number of nitro groups is 1. The van der Waals surface area contributed by atoms with E-state index in [0.717, 1.165) is 37.3 Å². The summed E-state index contributed by atoms with van der Waals surface area (Å²) in [5.41, 5.74) is 1.78. The molecule has 0 bridgehead atoms. The van der Waals surface area contributed by atoms with Crippen LogP contribution in [0.2, 0.25) is 0 Å². The fourth-order valence-electron chi connectivity index (χ4n) is 4.13. The third kappa shape index (κ3) is 3.81. The second-order valence-corrected chi connectivity index (χ2v) is 7.64. The van der Waals surface area contributed by atoms with Crippen molar-refractivity contribution >= 4 is 11.6 Å². The Kier molecular flexibility index (Phi) is 5.03. The van der Waals surface area contributed by atoms with Gasteiger partial charge in [0.2, 0.25) is 5.91 Å². The molecule has 0 saturated carbocycles. The number of rotatable bonds is 3. The molecule has 1 saturated heterocycles. The van der Waals surface area contributed by atoms with Gasteiger partial charge in [0.1, 0.15) is 6.20 Å². The molecule has 0 radical (unpaired) electrons. The predicted octanol–water partition coefficient (Wildman–Crippen LogP) is 2.24. The lowest BCUT2D eigenvalue weighted by molar-refractivity contribution is -0.385. The Morgan fingerprint density at radius 2 is 2.04 bits per heavy atom. The summed E-state index contributed by atoms with van der Waals surface area (Å²) in [6, 6.07) is 1.38. The maximum atomic E-state index is 12.9. The highest BCUT2D eigenvalue weighted by molar-refractivity contribution is 5.81. The van der Waals surface area contributed by atoms with Gasteiger partial charge in [-0.05, 0) is 30.7 Å². The molecule has 0 N–H and O–H groups in total. The van der Waals surface area contributed by atoms with Gasteiger partial charge in [0.15, 0.2) is 0 Å². The fraction of sp³-hybridized carbons (Fsp3) is 0.667. The second kappa shape index (κ2) is 7.07. The number of carbonyl (C=O) groups excluding carboxylic acids is 1. The van der Waals surface area contributed by atoms with E-state index in [4.69, 9.17) is 0 Å². The zero-order valence-electron chi connectivity index (χ0n) is 15.1. The van der Waals surface area contributed by atoms with Gasteiger partial charge in [-0.25, -0.2) is 0 Å². The van der Waals surface area contributed by atoms with Crippen LogP contribution in [0.4, 0.5) is 5.69 Å². The molecule has 136 valence electrons. The average molecular weight is 346 g/mol. The molecule has 3 heterocycles. The Labute approximate surface area is 148 Å². The van der Waals surface area contributed by atoms with Gasteiger partial charge in [-0.1, -0.05) is 13.8 Å². The maximum absolute atomic E-state index is 12.9. The lowest BCUT2D eigenvalue weighted by atomic mass is 9.91. The van der Waals surface area contributed by atoms with Crippen LogP contribution in [-0.2, 0) is 17.8 Å². The van der Waals surface area contributed by atoms with Crippen molar-refractivity contribution < 1.29 is 9.72 Å². The number of nitrogens with zero attached hydrogens (tertiary/aromatic N) is 4. The number of fused-ring (bicyclic) bond motifs is 1. The van der Waals surface area contributed by atoms with Crippen LogP contribution in [-0.4, -0.2) is 51.3 Å². The van der Waals surface area contributed by atoms with Crippen LogP contribution in [0.3, 0.4) is 0 Å². The van der Waals surface area contributed by atoms with Gasteiger partial charge in [-0.15, -0.1) is 0 Å². The number of pyridine rings is 1. The summed E-state index contributed by atoms with van der Waals surface area (Å²) in [6.07, 6.45) is 3.21. The summed E-state index contributed by atoms with van der Waals surface area (Å²) in [5.74, 6) is 1.24. The molecule has 1 aromatic rings. The summed E-state index contributed by atoms with van der Waals surface area (Å²) in [5, 5.41) is 11.0. The van der Waals surface area contributed by atoms with Crippen molar-refractivity contribution in [1.82, 2.24) is 14.8 Å². The minimum absolute atomic E-state index is 0.0123. The van der Waals surface area contributed by atoms with Crippen LogP contribution in [0, 0.1) is 22.0 Å². The molecule has 0 aromatic carbocycles. The minimum atomic E-state index is -0.419. The van der Waals surface area contributed by atoms with Crippen LogP contribution in [0.15, 0.2) is 12.3 Å². The van der Waals surface area contributed by atoms with Gasteiger partial charge in [0, 0.05) is 44.4 Å². The normalized spacial score (nSPS) is 25.3. The first-order valence-electron chi connectivity index (χ1n) is 9.00. The average Bonchev–Trinajstić information content (AvgIpc) is 2.58. The zero-order chi connectivity index (χ0) is 18.1. The van der Waals surface area contributed by atoms with Gasteiger partial charge in [-0.3, -0.25) is 24.8 Å². The van der Waals surface area contributed by atoms with Crippen LogP contribution < -0.4 is 0 Å². The van der Waals surface area contributed by atoms with Gasteiger partial charge >= 0.3 is 0 Å². The van der Waals surface area contributed by atoms with Crippen LogP contribution >= 0.6 is 0 Å². The largest absolute Gasteiger partial charge is 0.341 e. The standard InChI is InChI=1S/C18H26N4O3/c1-12-6-13(2)10-21(9-12)18(23)14(3)20-5-4-17-15(11-20)7-16(8-19-17)22(24)25/h7-8,12-14H,4-6,9-11H2,1-3H3. The number of amides is 1. The van der Waals surface area contributed by atoms with Crippen LogP contribution in [0.5, 0.6) is 0 Å².